The van der Waals surface area contributed by atoms with E-state index in [-0.39, 0.29) is 62.5 Å². The minimum Gasteiger partial charge on any atom is -0.480 e. The smallest absolute Gasteiger partial charge is 0.323 e. The number of unbranched alkanes of at least 4 members (excludes halogenated alkanes) is 1. The van der Waals surface area contributed by atoms with Crippen molar-refractivity contribution in [3.63, 3.8) is 0 Å². The van der Waals surface area contributed by atoms with Crippen LogP contribution in [0.4, 0.5) is 0 Å². The number of aliphatic carboxylic acids is 1. The van der Waals surface area contributed by atoms with Crippen molar-refractivity contribution in [2.75, 3.05) is 32.7 Å². The van der Waals surface area contributed by atoms with E-state index in [2.05, 4.69) is 40.3 Å². The summed E-state index contributed by atoms with van der Waals surface area (Å²) in [4.78, 5) is 67.9. The van der Waals surface area contributed by atoms with Gasteiger partial charge in [0.15, 0.2) is 0 Å². The van der Waals surface area contributed by atoms with Gasteiger partial charge in [0.1, 0.15) is 23.7 Å². The zero-order chi connectivity index (χ0) is 38.1. The van der Waals surface area contributed by atoms with Gasteiger partial charge < -0.3 is 42.7 Å². The molecule has 52 heavy (non-hydrogen) atoms. The van der Waals surface area contributed by atoms with Crippen LogP contribution in [-0.2, 0) is 30.4 Å². The van der Waals surface area contributed by atoms with Gasteiger partial charge in [-0.25, -0.2) is 0 Å². The maximum absolute atomic E-state index is 13.9. The summed E-state index contributed by atoms with van der Waals surface area (Å²) in [5, 5.41) is 21.4. The summed E-state index contributed by atoms with van der Waals surface area (Å²) < 4.78 is 0. The van der Waals surface area contributed by atoms with Gasteiger partial charge in [-0.15, -0.1) is 0 Å². The van der Waals surface area contributed by atoms with Crippen molar-refractivity contribution >= 4 is 29.6 Å². The number of nitrogens with one attached hydrogen (secondary N) is 4. The van der Waals surface area contributed by atoms with Crippen LogP contribution in [0, 0.1) is 5.92 Å². The number of benzene rings is 2. The summed E-state index contributed by atoms with van der Waals surface area (Å²) >= 11 is 0. The Morgan fingerprint density at radius 3 is 2.02 bits per heavy atom. The maximum Gasteiger partial charge on any atom is 0.323 e. The topological polar surface area (TPSA) is 209 Å². The van der Waals surface area contributed by atoms with Crippen LogP contribution in [0.3, 0.4) is 0 Å². The standard InChI is InChI=1S/C39H59N7O6/c1-4-29(30-15-9-6-10-16-30)25-42-26-34(47)43-33(24-28-13-7-5-8-14-28)36(49)45-32(23-27(2)3)35(48)44-31(17-11-12-20-40)37(50)46-21-18-39(41,19-22-46)38(51)52/h5-10,13-16,27,29,31-33,42H,4,11-12,17-26,40-41H2,1-3H3,(H,43,47)(H,44,48)(H,45,49)(H,51,52)/t29?,31-,32-,33-/m1/s1. The number of likely N-dealkylation sites (tertiary alicyclic amines) is 1. The Labute approximate surface area is 308 Å². The third-order valence-corrected chi connectivity index (χ3v) is 9.67. The van der Waals surface area contributed by atoms with Gasteiger partial charge in [0.25, 0.3) is 0 Å². The second-order valence-corrected chi connectivity index (χ2v) is 14.3. The molecular formula is C39H59N7O6. The Balaban J connectivity index is 1.72. The van der Waals surface area contributed by atoms with Crippen LogP contribution in [0.15, 0.2) is 60.7 Å². The zero-order valence-electron chi connectivity index (χ0n) is 30.9. The van der Waals surface area contributed by atoms with Gasteiger partial charge in [-0.1, -0.05) is 81.4 Å². The van der Waals surface area contributed by atoms with Gasteiger partial charge in [0, 0.05) is 26.1 Å². The van der Waals surface area contributed by atoms with E-state index in [0.717, 1.165) is 12.0 Å². The highest BCUT2D eigenvalue weighted by molar-refractivity contribution is 5.94. The normalized spacial score (nSPS) is 16.3. The van der Waals surface area contributed by atoms with Crippen molar-refractivity contribution < 1.29 is 29.1 Å². The first-order valence-corrected chi connectivity index (χ1v) is 18.6. The van der Waals surface area contributed by atoms with E-state index in [0.29, 0.717) is 38.8 Å². The number of carboxylic acids is 1. The molecule has 2 aromatic carbocycles. The molecule has 1 aliphatic heterocycles. The van der Waals surface area contributed by atoms with E-state index < -0.39 is 41.4 Å². The Hall–Kier alpha value is -4.33. The van der Waals surface area contributed by atoms with E-state index >= 15 is 0 Å². The number of hydrogen-bond donors (Lipinski definition) is 7. The number of rotatable bonds is 21. The molecule has 3 rings (SSSR count). The quantitative estimate of drug-likeness (QED) is 0.0940. The lowest BCUT2D eigenvalue weighted by atomic mass is 9.88. The summed E-state index contributed by atoms with van der Waals surface area (Å²) in [6.45, 7) is 7.29. The number of nitrogens with zero attached hydrogens (tertiary/aromatic N) is 1. The molecule has 0 radical (unpaired) electrons. The minimum atomic E-state index is -1.40. The first-order valence-electron chi connectivity index (χ1n) is 18.6. The highest BCUT2D eigenvalue weighted by Gasteiger charge is 2.40. The van der Waals surface area contributed by atoms with E-state index in [1.54, 1.807) is 4.90 Å². The molecule has 1 fully saturated rings. The lowest BCUT2D eigenvalue weighted by Gasteiger charge is -2.38. The van der Waals surface area contributed by atoms with E-state index in [1.165, 1.54) is 5.56 Å². The predicted molar refractivity (Wildman–Crippen MR) is 201 cm³/mol. The molecule has 1 unspecified atom stereocenters. The lowest BCUT2D eigenvalue weighted by Crippen LogP contribution is -2.60. The molecule has 13 nitrogen and oxygen atoms in total. The van der Waals surface area contributed by atoms with Crippen LogP contribution < -0.4 is 32.7 Å². The first kappa shape index (κ1) is 42.1. The molecule has 4 amide bonds. The van der Waals surface area contributed by atoms with Crippen LogP contribution in [0.25, 0.3) is 0 Å². The molecule has 0 aromatic heterocycles. The second-order valence-electron chi connectivity index (χ2n) is 14.3. The van der Waals surface area contributed by atoms with E-state index in [9.17, 15) is 29.1 Å². The van der Waals surface area contributed by atoms with Crippen LogP contribution >= 0.6 is 0 Å². The summed E-state index contributed by atoms with van der Waals surface area (Å²) in [6, 6.07) is 16.6. The molecule has 0 bridgehead atoms. The van der Waals surface area contributed by atoms with Crippen molar-refractivity contribution in [2.45, 2.75) is 102 Å². The molecule has 4 atom stereocenters. The first-order chi connectivity index (χ1) is 24.9. The number of carbonyl (C=O) groups is 5. The molecule has 0 saturated carbocycles. The minimum absolute atomic E-state index is 0.0125. The third kappa shape index (κ3) is 13.3. The number of amides is 4. The van der Waals surface area contributed by atoms with Crippen LogP contribution in [-0.4, -0.2) is 96.0 Å². The van der Waals surface area contributed by atoms with Crippen LogP contribution in [0.1, 0.15) is 82.8 Å². The summed E-state index contributed by atoms with van der Waals surface area (Å²) in [5.41, 5.74) is 12.4. The third-order valence-electron chi connectivity index (χ3n) is 9.67. The van der Waals surface area contributed by atoms with Crippen molar-refractivity contribution in [1.82, 2.24) is 26.2 Å². The lowest BCUT2D eigenvalue weighted by molar-refractivity contribution is -0.148. The van der Waals surface area contributed by atoms with Gasteiger partial charge in [0.2, 0.25) is 23.6 Å². The molecule has 0 aliphatic carbocycles. The zero-order valence-corrected chi connectivity index (χ0v) is 30.9. The van der Waals surface area contributed by atoms with Gasteiger partial charge in [-0.3, -0.25) is 24.0 Å². The van der Waals surface area contributed by atoms with E-state index in [4.69, 9.17) is 11.5 Å². The number of nitrogens with two attached hydrogens (primary N) is 2. The maximum atomic E-state index is 13.9. The average Bonchev–Trinajstić information content (AvgIpc) is 3.13. The molecule has 1 heterocycles. The number of carboxylic acid groups (broad SMARTS) is 1. The predicted octanol–water partition coefficient (Wildman–Crippen LogP) is 2.05. The number of hydrogen-bond acceptors (Lipinski definition) is 8. The van der Waals surface area contributed by atoms with Gasteiger partial charge >= 0.3 is 5.97 Å². The highest BCUT2D eigenvalue weighted by atomic mass is 16.4. The molecule has 0 spiro atoms. The molecular weight excluding hydrogens is 662 g/mol. The summed E-state index contributed by atoms with van der Waals surface area (Å²) in [7, 11) is 0. The van der Waals surface area contributed by atoms with Crippen LogP contribution in [0.2, 0.25) is 0 Å². The van der Waals surface area contributed by atoms with Crippen molar-refractivity contribution in [2.24, 2.45) is 17.4 Å². The van der Waals surface area contributed by atoms with Gasteiger partial charge in [-0.2, -0.15) is 0 Å². The molecule has 286 valence electrons. The number of carbonyl (C=O) groups excluding carboxylic acids is 4. The monoisotopic (exact) mass is 721 g/mol. The van der Waals surface area contributed by atoms with Crippen molar-refractivity contribution in [1.29, 1.82) is 0 Å². The molecule has 1 saturated heterocycles. The molecule has 9 N–H and O–H groups in total. The van der Waals surface area contributed by atoms with Gasteiger partial charge in [0.05, 0.1) is 6.54 Å². The molecule has 2 aromatic rings. The average molecular weight is 722 g/mol. The van der Waals surface area contributed by atoms with Crippen molar-refractivity contribution in [3.8, 4) is 0 Å². The molecule has 1 aliphatic rings. The fourth-order valence-electron chi connectivity index (χ4n) is 6.45. The Morgan fingerprint density at radius 1 is 0.846 bits per heavy atom. The van der Waals surface area contributed by atoms with E-state index in [1.807, 2.05) is 62.4 Å². The summed E-state index contributed by atoms with van der Waals surface area (Å²) in [5.74, 6) is -2.56. The van der Waals surface area contributed by atoms with Crippen LogP contribution in [0.5, 0.6) is 0 Å². The Morgan fingerprint density at radius 2 is 1.44 bits per heavy atom. The Bertz CT molecular complexity index is 1430. The van der Waals surface area contributed by atoms with Crippen molar-refractivity contribution in [3.05, 3.63) is 71.8 Å². The second kappa shape index (κ2) is 21.3. The SMILES string of the molecule is CCC(CNCC(=O)N[C@H](Cc1ccccc1)C(=O)N[C@H](CC(C)C)C(=O)N[C@H](CCCCN)C(=O)N1CCC(N)(C(=O)O)CC1)c1ccccc1. The summed E-state index contributed by atoms with van der Waals surface area (Å²) in [6.07, 6.45) is 3.16. The Kier molecular flexibility index (Phi) is 17.2. The molecule has 13 heteroatoms. The fraction of sp³-hybridized carbons (Fsp3) is 0.564. The number of piperidine rings is 1. The highest BCUT2D eigenvalue weighted by Crippen LogP contribution is 2.22. The fourth-order valence-corrected chi connectivity index (χ4v) is 6.45. The van der Waals surface area contributed by atoms with Gasteiger partial charge in [-0.05, 0) is 74.5 Å². The largest absolute Gasteiger partial charge is 0.480 e.